The molecule has 1 aromatic rings. The van der Waals surface area contributed by atoms with Crippen molar-refractivity contribution in [3.05, 3.63) is 41.0 Å². The minimum atomic E-state index is -0.530. The van der Waals surface area contributed by atoms with Crippen molar-refractivity contribution in [2.24, 2.45) is 11.8 Å². The van der Waals surface area contributed by atoms with Crippen LogP contribution < -0.4 is 0 Å². The van der Waals surface area contributed by atoms with Crippen molar-refractivity contribution in [3.8, 4) is 0 Å². The number of allylic oxidation sites excluding steroid dienone is 1. The summed E-state index contributed by atoms with van der Waals surface area (Å²) >= 11 is 0. The zero-order valence-electron chi connectivity index (χ0n) is 14.2. The number of carbonyl (C=O) groups excluding carboxylic acids is 2. The third-order valence-corrected chi connectivity index (χ3v) is 5.07. The molecule has 0 amide bonds. The van der Waals surface area contributed by atoms with Gasteiger partial charge in [0.1, 0.15) is 0 Å². The number of rotatable bonds is 2. The lowest BCUT2D eigenvalue weighted by Crippen LogP contribution is -2.36. The molecular formula is C19H22O5. The summed E-state index contributed by atoms with van der Waals surface area (Å²) in [5.74, 6) is -1.80. The molecule has 0 N–H and O–H groups in total. The van der Waals surface area contributed by atoms with Gasteiger partial charge in [-0.15, -0.1) is 0 Å². The molecule has 1 aliphatic heterocycles. The van der Waals surface area contributed by atoms with Gasteiger partial charge in [0.15, 0.2) is 0 Å². The van der Waals surface area contributed by atoms with Gasteiger partial charge in [-0.25, -0.2) is 0 Å². The number of hydrogen-bond donors (Lipinski definition) is 0. The molecule has 0 saturated carbocycles. The van der Waals surface area contributed by atoms with Gasteiger partial charge in [0, 0.05) is 0 Å². The minimum absolute atomic E-state index is 0.0989. The topological polar surface area (TPSA) is 61.8 Å². The second-order valence-electron chi connectivity index (χ2n) is 6.28. The highest BCUT2D eigenvalue weighted by Gasteiger charge is 2.42. The second-order valence-corrected chi connectivity index (χ2v) is 6.28. The van der Waals surface area contributed by atoms with Gasteiger partial charge in [0.25, 0.3) is 0 Å². The summed E-state index contributed by atoms with van der Waals surface area (Å²) in [7, 11) is 2.70. The molecule has 5 heteroatoms. The van der Waals surface area contributed by atoms with E-state index in [0.29, 0.717) is 19.4 Å². The number of carbonyl (C=O) groups is 2. The third-order valence-electron chi connectivity index (χ3n) is 5.07. The van der Waals surface area contributed by atoms with Crippen LogP contribution in [0, 0.1) is 11.8 Å². The molecule has 1 aromatic carbocycles. The first-order valence-electron chi connectivity index (χ1n) is 8.14. The standard InChI is InChI=1S/C19H22O5/c1-11-14-8-16(18(20)22-2)17(19(21)23-3)9-15(14)13-7-5-4-6-12(13)10-24-11/h4-7,11,16-17H,8-10H2,1-3H3/t11?,16-,17-/m0/s1. The predicted molar refractivity (Wildman–Crippen MR) is 87.9 cm³/mol. The van der Waals surface area contributed by atoms with Gasteiger partial charge in [0.2, 0.25) is 0 Å². The highest BCUT2D eigenvalue weighted by atomic mass is 16.5. The fraction of sp³-hybridized carbons (Fsp3) is 0.474. The van der Waals surface area contributed by atoms with Crippen molar-refractivity contribution in [2.75, 3.05) is 14.2 Å². The van der Waals surface area contributed by atoms with Crippen LogP contribution in [0.4, 0.5) is 0 Å². The van der Waals surface area contributed by atoms with E-state index in [1.807, 2.05) is 25.1 Å². The molecule has 0 saturated heterocycles. The van der Waals surface area contributed by atoms with Crippen LogP contribution in [0.2, 0.25) is 0 Å². The molecule has 1 unspecified atom stereocenters. The fourth-order valence-corrected chi connectivity index (χ4v) is 3.74. The van der Waals surface area contributed by atoms with E-state index >= 15 is 0 Å². The average molecular weight is 330 g/mol. The molecule has 3 atom stereocenters. The monoisotopic (exact) mass is 330 g/mol. The summed E-state index contributed by atoms with van der Waals surface area (Å²) in [5.41, 5.74) is 4.39. The zero-order valence-corrected chi connectivity index (χ0v) is 14.2. The highest BCUT2D eigenvalue weighted by Crippen LogP contribution is 2.44. The SMILES string of the molecule is COC(=O)[C@H]1CC2=C(C[C@@H]1C(=O)OC)C(C)OCc1ccccc12. The molecule has 0 bridgehead atoms. The first-order chi connectivity index (χ1) is 11.6. The van der Waals surface area contributed by atoms with E-state index in [0.717, 1.165) is 22.3 Å². The number of benzene rings is 1. The average Bonchev–Trinajstić information content (AvgIpc) is 2.76. The Labute approximate surface area is 141 Å². The van der Waals surface area contributed by atoms with E-state index < -0.39 is 11.8 Å². The van der Waals surface area contributed by atoms with Gasteiger partial charge in [-0.2, -0.15) is 0 Å². The summed E-state index contributed by atoms with van der Waals surface area (Å²) in [4.78, 5) is 24.5. The number of hydrogen-bond acceptors (Lipinski definition) is 5. The lowest BCUT2D eigenvalue weighted by molar-refractivity contribution is -0.157. The smallest absolute Gasteiger partial charge is 0.309 e. The molecule has 24 heavy (non-hydrogen) atoms. The van der Waals surface area contributed by atoms with Crippen molar-refractivity contribution in [1.29, 1.82) is 0 Å². The van der Waals surface area contributed by atoms with Crippen LogP contribution >= 0.6 is 0 Å². The fourth-order valence-electron chi connectivity index (χ4n) is 3.74. The largest absolute Gasteiger partial charge is 0.469 e. The Balaban J connectivity index is 2.09. The third kappa shape index (κ3) is 2.84. The van der Waals surface area contributed by atoms with Crippen molar-refractivity contribution in [3.63, 3.8) is 0 Å². The lowest BCUT2D eigenvalue weighted by Gasteiger charge is -2.33. The summed E-state index contributed by atoms with van der Waals surface area (Å²) in [6.07, 6.45) is 0.821. The molecule has 0 radical (unpaired) electrons. The summed E-state index contributed by atoms with van der Waals surface area (Å²) in [5, 5.41) is 0. The van der Waals surface area contributed by atoms with Crippen molar-refractivity contribution in [2.45, 2.75) is 32.5 Å². The molecule has 0 fully saturated rings. The van der Waals surface area contributed by atoms with E-state index in [-0.39, 0.29) is 18.0 Å². The Morgan fingerprint density at radius 1 is 1.04 bits per heavy atom. The van der Waals surface area contributed by atoms with Gasteiger partial charge < -0.3 is 14.2 Å². The number of fused-ring (bicyclic) bond motifs is 2. The Hall–Kier alpha value is -2.14. The van der Waals surface area contributed by atoms with Gasteiger partial charge >= 0.3 is 11.9 Å². The highest BCUT2D eigenvalue weighted by molar-refractivity contribution is 5.87. The molecule has 2 aliphatic rings. The van der Waals surface area contributed by atoms with Crippen LogP contribution in [0.5, 0.6) is 0 Å². The summed E-state index contributed by atoms with van der Waals surface area (Å²) in [6.45, 7) is 2.52. The maximum atomic E-state index is 12.3. The molecular weight excluding hydrogens is 308 g/mol. The molecule has 0 aromatic heterocycles. The number of ether oxygens (including phenoxy) is 3. The normalized spacial score (nSPS) is 26.0. The van der Waals surface area contributed by atoms with Gasteiger partial charge in [-0.3, -0.25) is 9.59 Å². The quantitative estimate of drug-likeness (QED) is 0.780. The van der Waals surface area contributed by atoms with Crippen LogP contribution in [0.25, 0.3) is 5.57 Å². The van der Waals surface area contributed by atoms with Gasteiger partial charge in [0.05, 0.1) is 38.8 Å². The zero-order chi connectivity index (χ0) is 17.3. The Bertz CT molecular complexity index is 691. The van der Waals surface area contributed by atoms with Gasteiger partial charge in [-0.05, 0) is 42.0 Å². The molecule has 128 valence electrons. The lowest BCUT2D eigenvalue weighted by atomic mass is 9.72. The van der Waals surface area contributed by atoms with Crippen LogP contribution in [-0.4, -0.2) is 32.3 Å². The van der Waals surface area contributed by atoms with E-state index in [9.17, 15) is 9.59 Å². The first-order valence-corrected chi connectivity index (χ1v) is 8.14. The second kappa shape index (κ2) is 6.77. The van der Waals surface area contributed by atoms with Crippen molar-refractivity contribution >= 4 is 17.5 Å². The minimum Gasteiger partial charge on any atom is -0.469 e. The molecule has 0 spiro atoms. The Kier molecular flexibility index (Phi) is 4.71. The van der Waals surface area contributed by atoms with E-state index in [4.69, 9.17) is 14.2 Å². The maximum absolute atomic E-state index is 12.3. The molecule has 1 aliphatic carbocycles. The van der Waals surface area contributed by atoms with Crippen LogP contribution in [0.3, 0.4) is 0 Å². The van der Waals surface area contributed by atoms with E-state index in [1.165, 1.54) is 14.2 Å². The van der Waals surface area contributed by atoms with Crippen LogP contribution in [0.1, 0.15) is 30.9 Å². The Morgan fingerprint density at radius 2 is 1.67 bits per heavy atom. The summed E-state index contributed by atoms with van der Waals surface area (Å²) < 4.78 is 15.8. The molecule has 1 heterocycles. The van der Waals surface area contributed by atoms with Gasteiger partial charge in [-0.1, -0.05) is 24.3 Å². The molecule has 3 rings (SSSR count). The van der Waals surface area contributed by atoms with Crippen LogP contribution in [-0.2, 0) is 30.4 Å². The number of methoxy groups -OCH3 is 2. The maximum Gasteiger partial charge on any atom is 0.309 e. The first kappa shape index (κ1) is 16.7. The van der Waals surface area contributed by atoms with E-state index in [1.54, 1.807) is 0 Å². The summed E-state index contributed by atoms with van der Waals surface area (Å²) in [6, 6.07) is 8.06. The predicted octanol–water partition coefficient (Wildman–Crippen LogP) is 2.73. The molecule has 5 nitrogen and oxygen atoms in total. The number of esters is 2. The van der Waals surface area contributed by atoms with Crippen molar-refractivity contribution in [1.82, 2.24) is 0 Å². The van der Waals surface area contributed by atoms with Crippen LogP contribution in [0.15, 0.2) is 29.8 Å². The Morgan fingerprint density at radius 3 is 2.33 bits per heavy atom. The van der Waals surface area contributed by atoms with E-state index in [2.05, 4.69) is 6.07 Å². The van der Waals surface area contributed by atoms with Crippen molar-refractivity contribution < 1.29 is 23.8 Å².